The highest BCUT2D eigenvalue weighted by Gasteiger charge is 2.16. The zero-order chi connectivity index (χ0) is 21.9. The van der Waals surface area contributed by atoms with Gasteiger partial charge in [-0.3, -0.25) is 4.79 Å². The van der Waals surface area contributed by atoms with Crippen molar-refractivity contribution in [1.82, 2.24) is 19.8 Å². The third-order valence-electron chi connectivity index (χ3n) is 4.86. The predicted molar refractivity (Wildman–Crippen MR) is 125 cm³/mol. The van der Waals surface area contributed by atoms with E-state index in [2.05, 4.69) is 15.5 Å². The normalized spacial score (nSPS) is 11.9. The molecule has 0 aliphatic heterocycles. The molecule has 0 radical (unpaired) electrons. The van der Waals surface area contributed by atoms with Crippen LogP contribution in [0, 0.1) is 0 Å². The first-order valence-electron chi connectivity index (χ1n) is 10.1. The lowest BCUT2D eigenvalue weighted by atomic mass is 10.1. The fraction of sp³-hybridized carbons (Fsp3) is 0.0833. The first-order valence-corrected chi connectivity index (χ1v) is 10.9. The molecule has 0 saturated carbocycles. The average Bonchev–Trinajstić information content (AvgIpc) is 3.49. The number of nitrogens with one attached hydrogen (secondary N) is 1. The molecule has 0 spiro atoms. The first kappa shape index (κ1) is 19.9. The Morgan fingerprint density at radius 1 is 1.00 bits per heavy atom. The molecule has 3 heterocycles. The first-order chi connectivity index (χ1) is 15.7. The van der Waals surface area contributed by atoms with Gasteiger partial charge >= 0.3 is 0 Å². The van der Waals surface area contributed by atoms with Crippen LogP contribution in [0.25, 0.3) is 27.6 Å². The summed E-state index contributed by atoms with van der Waals surface area (Å²) in [6, 6.07) is 24.6. The molecule has 5 rings (SSSR count). The van der Waals surface area contributed by atoms with Gasteiger partial charge in [-0.2, -0.15) is 9.61 Å². The molecule has 3 aromatic heterocycles. The zero-order valence-corrected chi connectivity index (χ0v) is 18.0. The molecule has 1 N–H and O–H groups in total. The Hall–Kier alpha value is -4.04. The number of hydrogen-bond acceptors (Lipinski definition) is 6. The molecule has 158 valence electrons. The molecular weight excluding hydrogens is 422 g/mol. The van der Waals surface area contributed by atoms with Gasteiger partial charge in [-0.05, 0) is 54.8 Å². The fourth-order valence-corrected chi connectivity index (χ4v) is 3.95. The highest BCUT2D eigenvalue weighted by molar-refractivity contribution is 7.13. The molecule has 0 saturated heterocycles. The van der Waals surface area contributed by atoms with Gasteiger partial charge in [0, 0.05) is 11.3 Å². The summed E-state index contributed by atoms with van der Waals surface area (Å²) in [5, 5.41) is 18.1. The van der Waals surface area contributed by atoms with Crippen molar-refractivity contribution < 1.29 is 9.53 Å². The summed E-state index contributed by atoms with van der Waals surface area (Å²) in [7, 11) is 0. The van der Waals surface area contributed by atoms with Gasteiger partial charge in [0.25, 0.3) is 5.91 Å². The van der Waals surface area contributed by atoms with Gasteiger partial charge in [-0.25, -0.2) is 0 Å². The minimum absolute atomic E-state index is 0.229. The lowest BCUT2D eigenvalue weighted by molar-refractivity contribution is -0.122. The van der Waals surface area contributed by atoms with Crippen LogP contribution < -0.4 is 10.1 Å². The van der Waals surface area contributed by atoms with Crippen LogP contribution in [0.5, 0.6) is 5.75 Å². The smallest absolute Gasteiger partial charge is 0.265 e. The second-order valence-electron chi connectivity index (χ2n) is 7.13. The van der Waals surface area contributed by atoms with Crippen LogP contribution in [0.4, 0.5) is 5.69 Å². The maximum atomic E-state index is 12.6. The molecule has 0 bridgehead atoms. The maximum absolute atomic E-state index is 12.6. The van der Waals surface area contributed by atoms with Crippen LogP contribution in [0.3, 0.4) is 0 Å². The summed E-state index contributed by atoms with van der Waals surface area (Å²) in [5.74, 6) is 1.12. The van der Waals surface area contributed by atoms with Crippen molar-refractivity contribution in [1.29, 1.82) is 0 Å². The van der Waals surface area contributed by atoms with Crippen molar-refractivity contribution in [2.45, 2.75) is 13.0 Å². The zero-order valence-electron chi connectivity index (χ0n) is 17.2. The van der Waals surface area contributed by atoms with E-state index in [1.54, 1.807) is 22.8 Å². The molecule has 1 unspecified atom stereocenters. The van der Waals surface area contributed by atoms with Crippen molar-refractivity contribution >= 4 is 28.6 Å². The van der Waals surface area contributed by atoms with Crippen LogP contribution in [0.1, 0.15) is 6.92 Å². The number of ether oxygens (including phenoxy) is 1. The number of carbonyl (C=O) groups is 1. The molecule has 7 nitrogen and oxygen atoms in total. The van der Waals surface area contributed by atoms with E-state index >= 15 is 0 Å². The summed E-state index contributed by atoms with van der Waals surface area (Å²) in [4.78, 5) is 13.6. The van der Waals surface area contributed by atoms with Gasteiger partial charge in [-0.15, -0.1) is 21.5 Å². The number of thiophene rings is 1. The molecule has 1 atom stereocenters. The third-order valence-corrected chi connectivity index (χ3v) is 5.72. The van der Waals surface area contributed by atoms with E-state index in [4.69, 9.17) is 9.84 Å². The molecule has 0 fully saturated rings. The Bertz CT molecular complexity index is 1370. The Balaban J connectivity index is 1.37. The van der Waals surface area contributed by atoms with Crippen molar-refractivity contribution in [2.24, 2.45) is 0 Å². The maximum Gasteiger partial charge on any atom is 0.265 e. The minimum Gasteiger partial charge on any atom is -0.481 e. The number of hydrogen-bond donors (Lipinski definition) is 1. The Morgan fingerprint density at radius 3 is 2.69 bits per heavy atom. The van der Waals surface area contributed by atoms with E-state index in [1.807, 2.05) is 84.2 Å². The van der Waals surface area contributed by atoms with E-state index in [9.17, 15) is 4.79 Å². The van der Waals surface area contributed by atoms with E-state index in [1.165, 1.54) is 0 Å². The van der Waals surface area contributed by atoms with Gasteiger partial charge < -0.3 is 10.1 Å². The van der Waals surface area contributed by atoms with Gasteiger partial charge in [0.1, 0.15) is 5.75 Å². The van der Waals surface area contributed by atoms with E-state index < -0.39 is 6.10 Å². The molecular formula is C24H19N5O2S. The fourth-order valence-electron chi connectivity index (χ4n) is 3.26. The van der Waals surface area contributed by atoms with Crippen LogP contribution in [-0.4, -0.2) is 31.8 Å². The topological polar surface area (TPSA) is 81.4 Å². The standard InChI is InChI=1S/C24H19N5O2S/c1-16(31-19-9-3-2-4-10-19)24(30)25-18-8-5-7-17(15-18)20-12-13-22-26-27-23(29(22)28-20)21-11-6-14-32-21/h2-16H,1H3,(H,25,30). The highest BCUT2D eigenvalue weighted by atomic mass is 32.1. The summed E-state index contributed by atoms with van der Waals surface area (Å²) in [6.07, 6.45) is -0.638. The monoisotopic (exact) mass is 441 g/mol. The van der Waals surface area contributed by atoms with Crippen molar-refractivity contribution in [3.63, 3.8) is 0 Å². The van der Waals surface area contributed by atoms with Crippen molar-refractivity contribution in [3.8, 4) is 27.7 Å². The van der Waals surface area contributed by atoms with E-state index in [0.717, 1.165) is 16.1 Å². The molecule has 8 heteroatoms. The van der Waals surface area contributed by atoms with E-state index in [0.29, 0.717) is 22.9 Å². The summed E-state index contributed by atoms with van der Waals surface area (Å²) in [6.45, 7) is 1.72. The van der Waals surface area contributed by atoms with Crippen LogP contribution >= 0.6 is 11.3 Å². The number of fused-ring (bicyclic) bond motifs is 1. The number of nitrogens with zero attached hydrogens (tertiary/aromatic N) is 4. The molecule has 2 aromatic carbocycles. The van der Waals surface area contributed by atoms with E-state index in [-0.39, 0.29) is 5.91 Å². The number of para-hydroxylation sites is 1. The predicted octanol–water partition coefficient (Wildman–Crippen LogP) is 4.93. The van der Waals surface area contributed by atoms with Gasteiger partial charge in [0.15, 0.2) is 17.6 Å². The average molecular weight is 442 g/mol. The van der Waals surface area contributed by atoms with Crippen LogP contribution in [-0.2, 0) is 4.79 Å². The molecule has 0 aliphatic rings. The Kier molecular flexibility index (Phi) is 5.35. The highest BCUT2D eigenvalue weighted by Crippen LogP contribution is 2.25. The Morgan fingerprint density at radius 2 is 1.88 bits per heavy atom. The summed E-state index contributed by atoms with van der Waals surface area (Å²) >= 11 is 1.59. The molecule has 0 aliphatic carbocycles. The van der Waals surface area contributed by atoms with Crippen molar-refractivity contribution in [3.05, 3.63) is 84.2 Å². The number of aromatic nitrogens is 4. The van der Waals surface area contributed by atoms with Gasteiger partial charge in [0.05, 0.1) is 10.6 Å². The Labute approximate surface area is 188 Å². The second kappa shape index (κ2) is 8.60. The molecule has 5 aromatic rings. The van der Waals surface area contributed by atoms with Gasteiger partial charge in [0.2, 0.25) is 0 Å². The second-order valence-corrected chi connectivity index (χ2v) is 8.08. The number of carbonyl (C=O) groups excluding carboxylic acids is 1. The van der Waals surface area contributed by atoms with Crippen molar-refractivity contribution in [2.75, 3.05) is 5.32 Å². The quantitative estimate of drug-likeness (QED) is 0.404. The molecule has 32 heavy (non-hydrogen) atoms. The lowest BCUT2D eigenvalue weighted by Gasteiger charge is -2.15. The lowest BCUT2D eigenvalue weighted by Crippen LogP contribution is -2.30. The number of benzene rings is 2. The van der Waals surface area contributed by atoms with Crippen LogP contribution in [0.2, 0.25) is 0 Å². The summed E-state index contributed by atoms with van der Waals surface area (Å²) in [5.41, 5.74) is 2.96. The third kappa shape index (κ3) is 4.08. The molecule has 1 amide bonds. The summed E-state index contributed by atoms with van der Waals surface area (Å²) < 4.78 is 7.45. The van der Waals surface area contributed by atoms with Crippen LogP contribution in [0.15, 0.2) is 84.2 Å². The van der Waals surface area contributed by atoms with Gasteiger partial charge in [-0.1, -0.05) is 36.4 Å². The number of anilines is 1. The number of rotatable bonds is 6. The number of amides is 1. The largest absolute Gasteiger partial charge is 0.481 e. The SMILES string of the molecule is CC(Oc1ccccc1)C(=O)Nc1cccc(-c2ccc3nnc(-c4cccs4)n3n2)c1. The minimum atomic E-state index is -0.638.